The van der Waals surface area contributed by atoms with Gasteiger partial charge in [0.15, 0.2) is 35.7 Å². The normalized spacial score (nSPS) is 14.5. The van der Waals surface area contributed by atoms with Gasteiger partial charge in [-0.25, -0.2) is 9.97 Å². The average Bonchev–Trinajstić information content (AvgIpc) is 3.19. The molecular weight excluding hydrogens is 736 g/mol. The van der Waals surface area contributed by atoms with Gasteiger partial charge in [-0.15, -0.1) is 0 Å². The van der Waals surface area contributed by atoms with Crippen LogP contribution >= 0.6 is 11.6 Å². The highest BCUT2D eigenvalue weighted by Gasteiger charge is 2.35. The zero-order valence-corrected chi connectivity index (χ0v) is 33.0. The zero-order valence-electron chi connectivity index (χ0n) is 32.2. The van der Waals surface area contributed by atoms with Crippen molar-refractivity contribution in [3.05, 3.63) is 70.5 Å². The van der Waals surface area contributed by atoms with E-state index >= 15 is 0 Å². The van der Waals surface area contributed by atoms with Gasteiger partial charge >= 0.3 is 0 Å². The summed E-state index contributed by atoms with van der Waals surface area (Å²) in [6, 6.07) is 19.5. The van der Waals surface area contributed by atoms with Crippen molar-refractivity contribution in [2.45, 2.75) is 57.4 Å². The third-order valence-corrected chi connectivity index (χ3v) is 10.3. The first kappa shape index (κ1) is 43.1. The second-order valence-electron chi connectivity index (χ2n) is 14.2. The number of anilines is 2. The summed E-state index contributed by atoms with van der Waals surface area (Å²) < 4.78 is 12.2. The third kappa shape index (κ3) is 13.3. The number of nitriles is 2. The molecule has 1 saturated heterocycles. The van der Waals surface area contributed by atoms with Crippen molar-refractivity contribution < 1.29 is 28.3 Å². The summed E-state index contributed by atoms with van der Waals surface area (Å²) >= 11 is 6.06. The Balaban J connectivity index is 1.36. The fraction of sp³-hybridized carbons (Fsp3) is 0.475. The zero-order chi connectivity index (χ0) is 40.5. The van der Waals surface area contributed by atoms with Crippen LogP contribution in [0.4, 0.5) is 11.6 Å². The predicted octanol–water partition coefficient (Wildman–Crippen LogP) is 3.77. The molecule has 3 amide bonds. The maximum Gasteiger partial charge on any atom is 0.274 e. The maximum absolute atomic E-state index is 13.3. The van der Waals surface area contributed by atoms with Crippen LogP contribution in [0.25, 0.3) is 0 Å². The van der Waals surface area contributed by atoms with Gasteiger partial charge in [0.25, 0.3) is 17.7 Å². The number of ether oxygens (including phenoxy) is 2. The molecule has 0 radical (unpaired) electrons. The van der Waals surface area contributed by atoms with E-state index in [1.165, 1.54) is 9.80 Å². The Bertz CT molecular complexity index is 1770. The molecule has 3 aromatic rings. The Morgan fingerprint density at radius 2 is 1.34 bits per heavy atom. The Hall–Kier alpha value is -5.64. The van der Waals surface area contributed by atoms with Crippen molar-refractivity contribution in [2.24, 2.45) is 0 Å². The van der Waals surface area contributed by atoms with Gasteiger partial charge in [0.05, 0.1) is 57.2 Å². The minimum absolute atomic E-state index is 0.0317. The van der Waals surface area contributed by atoms with Crippen LogP contribution in [0.5, 0.6) is 11.5 Å². The van der Waals surface area contributed by atoms with E-state index in [0.29, 0.717) is 24.6 Å². The van der Waals surface area contributed by atoms with Crippen LogP contribution < -0.4 is 26.3 Å². The van der Waals surface area contributed by atoms with Crippen LogP contribution in [-0.4, -0.2) is 115 Å². The lowest BCUT2D eigenvalue weighted by atomic mass is 9.99. The molecule has 15 nitrogen and oxygen atoms in total. The fourth-order valence-corrected chi connectivity index (χ4v) is 6.89. The molecule has 2 aromatic carbocycles. The van der Waals surface area contributed by atoms with E-state index < -0.39 is 5.91 Å². The number of hydrogen-bond acceptors (Lipinski definition) is 11. The number of likely N-dealkylation sites (tertiary alicyclic amines) is 1. The number of nitrogens with one attached hydrogen (secondary N) is 1. The molecule has 1 fully saturated rings. The van der Waals surface area contributed by atoms with Crippen LogP contribution in [0.2, 0.25) is 5.15 Å². The minimum Gasteiger partial charge on any atom is -0.484 e. The lowest BCUT2D eigenvalue weighted by Crippen LogP contribution is -2.60. The second-order valence-corrected chi connectivity index (χ2v) is 14.5. The van der Waals surface area contributed by atoms with Gasteiger partial charge in [0.1, 0.15) is 11.5 Å². The standard InChI is InChI=1S/C40H51ClN10O5/c1-49(21-6-19-42)34(52)27-55-32-15-11-29(12-16-32)8-3-23-51(25-5-10-31(26-51)46-40(54)36-38(44)48-39(45)37(41)47-36)24-4-9-30-13-17-33(18-14-30)56-28-35(53)50(2)22-7-20-43/h11-18,31H,3-10,21-28H2,1-2H3,(H4-,44,45,46,48,54)/p+1. The smallest absolute Gasteiger partial charge is 0.274 e. The number of hydrogen-bond donors (Lipinski definition) is 3. The molecule has 0 bridgehead atoms. The van der Waals surface area contributed by atoms with Gasteiger partial charge in [-0.2, -0.15) is 10.5 Å². The number of piperidine rings is 1. The monoisotopic (exact) mass is 787 g/mol. The highest BCUT2D eigenvalue weighted by atomic mass is 35.5. The van der Waals surface area contributed by atoms with Crippen LogP contribution in [-0.2, 0) is 22.4 Å². The Morgan fingerprint density at radius 1 is 0.839 bits per heavy atom. The van der Waals surface area contributed by atoms with E-state index in [1.807, 2.05) is 60.7 Å². The van der Waals surface area contributed by atoms with Gasteiger partial charge < -0.3 is 40.5 Å². The average molecular weight is 788 g/mol. The number of carbonyl (C=O) groups is 3. The first-order valence-electron chi connectivity index (χ1n) is 18.8. The molecule has 56 heavy (non-hydrogen) atoms. The van der Waals surface area contributed by atoms with Crippen molar-refractivity contribution in [3.8, 4) is 23.6 Å². The number of amides is 3. The second kappa shape index (κ2) is 21.5. The number of aromatic nitrogens is 2. The first-order chi connectivity index (χ1) is 26.9. The number of halogens is 1. The number of rotatable bonds is 20. The highest BCUT2D eigenvalue weighted by Crippen LogP contribution is 2.25. The molecule has 0 saturated carbocycles. The Kier molecular flexibility index (Phi) is 16.5. The molecule has 1 aromatic heterocycles. The lowest BCUT2D eigenvalue weighted by Gasteiger charge is -2.45. The lowest BCUT2D eigenvalue weighted by molar-refractivity contribution is -0.933. The molecule has 2 heterocycles. The molecule has 0 spiro atoms. The molecule has 16 heteroatoms. The van der Waals surface area contributed by atoms with Gasteiger partial charge in [-0.05, 0) is 61.1 Å². The van der Waals surface area contributed by atoms with Crippen molar-refractivity contribution >= 4 is 41.0 Å². The molecule has 298 valence electrons. The van der Waals surface area contributed by atoms with Gasteiger partial charge in [0, 0.05) is 40.0 Å². The summed E-state index contributed by atoms with van der Waals surface area (Å²) in [6.45, 7) is 4.09. The quantitative estimate of drug-likeness (QED) is 0.140. The molecule has 5 N–H and O–H groups in total. The highest BCUT2D eigenvalue weighted by molar-refractivity contribution is 6.31. The molecular formula is C40H52ClN10O5+. The molecule has 0 aliphatic carbocycles. The van der Waals surface area contributed by atoms with Crippen molar-refractivity contribution in [1.29, 1.82) is 10.5 Å². The number of carbonyl (C=O) groups excluding carboxylic acids is 3. The number of likely N-dealkylation sites (N-methyl/N-ethyl adjacent to an activating group) is 2. The Morgan fingerprint density at radius 3 is 1.82 bits per heavy atom. The summed E-state index contributed by atoms with van der Waals surface area (Å²) in [5.41, 5.74) is 14.0. The minimum atomic E-state index is -0.433. The molecule has 4 rings (SSSR count). The Labute approximate surface area is 333 Å². The SMILES string of the molecule is CN(CCC#N)C(=O)COc1ccc(CCC[N+]2(CCCc3ccc(OCC(=O)N(C)CCC#N)cc3)CCCC(NC(=O)c3nc(Cl)c(N)nc3N)C2)cc1. The summed E-state index contributed by atoms with van der Waals surface area (Å²) in [5, 5.41) is 20.6. The van der Waals surface area contributed by atoms with Crippen molar-refractivity contribution in [1.82, 2.24) is 25.1 Å². The van der Waals surface area contributed by atoms with Gasteiger partial charge in [-0.3, -0.25) is 14.4 Å². The largest absolute Gasteiger partial charge is 0.484 e. The van der Waals surface area contributed by atoms with Gasteiger partial charge in [-0.1, -0.05) is 35.9 Å². The van der Waals surface area contributed by atoms with Crippen molar-refractivity contribution in [3.63, 3.8) is 0 Å². The van der Waals surface area contributed by atoms with E-state index in [0.717, 1.165) is 80.3 Å². The van der Waals surface area contributed by atoms with Crippen LogP contribution in [0.15, 0.2) is 48.5 Å². The molecule has 1 aliphatic rings. The summed E-state index contributed by atoms with van der Waals surface area (Å²) in [6.07, 6.45) is 5.84. The van der Waals surface area contributed by atoms with E-state index in [9.17, 15) is 14.4 Å². The van der Waals surface area contributed by atoms with Crippen LogP contribution in [0.3, 0.4) is 0 Å². The number of nitrogen functional groups attached to an aromatic ring is 2. The summed E-state index contributed by atoms with van der Waals surface area (Å²) in [7, 11) is 3.31. The number of nitrogens with zero attached hydrogens (tertiary/aromatic N) is 7. The van der Waals surface area contributed by atoms with Crippen molar-refractivity contribution in [2.75, 3.05) is 78.0 Å². The van der Waals surface area contributed by atoms with Gasteiger partial charge in [0.2, 0.25) is 0 Å². The van der Waals surface area contributed by atoms with E-state index in [4.69, 9.17) is 43.1 Å². The predicted molar refractivity (Wildman–Crippen MR) is 212 cm³/mol. The fourth-order valence-electron chi connectivity index (χ4n) is 6.76. The van der Waals surface area contributed by atoms with Crippen LogP contribution in [0, 0.1) is 22.7 Å². The number of benzene rings is 2. The molecule has 1 atom stereocenters. The first-order valence-corrected chi connectivity index (χ1v) is 19.2. The van der Waals surface area contributed by atoms with Crippen LogP contribution in [0.1, 0.15) is 60.1 Å². The number of aryl methyl sites for hydroxylation is 2. The molecule has 1 unspecified atom stereocenters. The maximum atomic E-state index is 13.3. The van der Waals surface area contributed by atoms with E-state index in [2.05, 4.69) is 15.3 Å². The number of nitrogens with two attached hydrogens (primary N) is 2. The third-order valence-electron chi connectivity index (χ3n) is 9.98. The van der Waals surface area contributed by atoms with E-state index in [-0.39, 0.29) is 66.4 Å². The number of quaternary nitrogens is 1. The summed E-state index contributed by atoms with van der Waals surface area (Å²) in [5.74, 6) is 0.306. The topological polar surface area (TPSA) is 214 Å². The summed E-state index contributed by atoms with van der Waals surface area (Å²) in [4.78, 5) is 48.9. The molecule has 1 aliphatic heterocycles. The van der Waals surface area contributed by atoms with E-state index in [1.54, 1.807) is 14.1 Å².